The molecule has 6 heteroatoms. The van der Waals surface area contributed by atoms with Gasteiger partial charge in [0.25, 0.3) is 0 Å². The fourth-order valence-corrected chi connectivity index (χ4v) is 3.47. The van der Waals surface area contributed by atoms with Gasteiger partial charge < -0.3 is 15.3 Å². The van der Waals surface area contributed by atoms with Crippen LogP contribution in [0.1, 0.15) is 32.1 Å². The molecule has 1 aromatic carbocycles. The summed E-state index contributed by atoms with van der Waals surface area (Å²) >= 11 is 0. The van der Waals surface area contributed by atoms with Gasteiger partial charge in [0.1, 0.15) is 0 Å². The molecule has 1 unspecified atom stereocenters. The monoisotopic (exact) mass is 361 g/mol. The molecule has 2 rings (SSSR count). The molecule has 0 saturated carbocycles. The maximum atomic E-state index is 12.1. The lowest BCUT2D eigenvalue weighted by atomic mass is 9.93. The van der Waals surface area contributed by atoms with E-state index < -0.39 is 5.97 Å². The van der Waals surface area contributed by atoms with Crippen LogP contribution < -0.4 is 10.2 Å². The van der Waals surface area contributed by atoms with Gasteiger partial charge >= 0.3 is 5.97 Å². The number of benzene rings is 1. The number of carbonyl (C=O) groups excluding carboxylic acids is 1. The van der Waals surface area contributed by atoms with E-state index in [9.17, 15) is 9.59 Å². The second-order valence-corrected chi connectivity index (χ2v) is 7.14. The van der Waals surface area contributed by atoms with Crippen molar-refractivity contribution in [2.45, 2.75) is 32.1 Å². The molecule has 0 bridgehead atoms. The molecular weight excluding hydrogens is 330 g/mol. The van der Waals surface area contributed by atoms with E-state index in [-0.39, 0.29) is 12.3 Å². The molecule has 26 heavy (non-hydrogen) atoms. The van der Waals surface area contributed by atoms with Crippen molar-refractivity contribution in [2.75, 3.05) is 44.7 Å². The first-order chi connectivity index (χ1) is 12.5. The van der Waals surface area contributed by atoms with Crippen LogP contribution in [0.2, 0.25) is 0 Å². The van der Waals surface area contributed by atoms with Crippen molar-refractivity contribution in [2.24, 2.45) is 5.92 Å². The summed E-state index contributed by atoms with van der Waals surface area (Å²) in [4.78, 5) is 27.2. The Kier molecular flexibility index (Phi) is 8.41. The molecule has 1 fully saturated rings. The summed E-state index contributed by atoms with van der Waals surface area (Å²) in [5.41, 5.74) is 1.18. The van der Waals surface area contributed by atoms with Gasteiger partial charge in [-0.3, -0.25) is 14.5 Å². The molecule has 1 heterocycles. The summed E-state index contributed by atoms with van der Waals surface area (Å²) < 4.78 is 0. The first kappa shape index (κ1) is 20.2. The molecule has 6 nitrogen and oxygen atoms in total. The average molecular weight is 361 g/mol. The Balaban J connectivity index is 1.60. The van der Waals surface area contributed by atoms with Crippen LogP contribution in [0.15, 0.2) is 30.3 Å². The van der Waals surface area contributed by atoms with Crippen molar-refractivity contribution in [1.29, 1.82) is 0 Å². The third kappa shape index (κ3) is 7.44. The number of piperidine rings is 1. The van der Waals surface area contributed by atoms with E-state index in [4.69, 9.17) is 5.11 Å². The molecule has 1 atom stereocenters. The molecular formula is C20H31N3O3. The molecule has 0 radical (unpaired) electrons. The summed E-state index contributed by atoms with van der Waals surface area (Å²) in [5, 5.41) is 11.8. The predicted molar refractivity (Wildman–Crippen MR) is 103 cm³/mol. The van der Waals surface area contributed by atoms with Gasteiger partial charge in [-0.1, -0.05) is 18.2 Å². The van der Waals surface area contributed by atoms with Crippen molar-refractivity contribution >= 4 is 17.6 Å². The van der Waals surface area contributed by atoms with Gasteiger partial charge in [-0.2, -0.15) is 0 Å². The van der Waals surface area contributed by atoms with E-state index in [0.29, 0.717) is 25.4 Å². The number of likely N-dealkylation sites (tertiary alicyclic amines) is 1. The number of nitrogens with zero attached hydrogens (tertiary/aromatic N) is 2. The standard InChI is InChI=1S/C20H31N3O3/c1-22(18-8-3-2-4-9-18)13-6-12-21-19(24)16-23-14-5-7-17(15-23)10-11-20(25)26/h2-4,8-9,17H,5-7,10-16H2,1H3,(H,21,24)(H,25,26). The Bertz CT molecular complexity index is 565. The second-order valence-electron chi connectivity index (χ2n) is 7.14. The minimum atomic E-state index is -0.736. The zero-order chi connectivity index (χ0) is 18.8. The quantitative estimate of drug-likeness (QED) is 0.625. The molecule has 1 aromatic rings. The molecule has 1 aliphatic rings. The highest BCUT2D eigenvalue weighted by Gasteiger charge is 2.21. The summed E-state index contributed by atoms with van der Waals surface area (Å²) in [7, 11) is 2.06. The number of para-hydroxylation sites is 1. The van der Waals surface area contributed by atoms with Crippen LogP contribution in [-0.4, -0.2) is 61.7 Å². The molecule has 1 aliphatic heterocycles. The van der Waals surface area contributed by atoms with E-state index in [1.807, 2.05) is 18.2 Å². The maximum Gasteiger partial charge on any atom is 0.303 e. The number of hydrogen-bond acceptors (Lipinski definition) is 4. The normalized spacial score (nSPS) is 17.7. The topological polar surface area (TPSA) is 72.9 Å². The van der Waals surface area contributed by atoms with E-state index in [2.05, 4.69) is 34.3 Å². The summed E-state index contributed by atoms with van der Waals surface area (Å²) in [6, 6.07) is 10.2. The first-order valence-electron chi connectivity index (χ1n) is 9.51. The van der Waals surface area contributed by atoms with E-state index in [0.717, 1.165) is 38.9 Å². The van der Waals surface area contributed by atoms with E-state index in [1.165, 1.54) is 5.69 Å². The number of hydrogen-bond donors (Lipinski definition) is 2. The molecule has 1 saturated heterocycles. The molecule has 2 N–H and O–H groups in total. The van der Waals surface area contributed by atoms with Crippen LogP contribution in [0.3, 0.4) is 0 Å². The minimum Gasteiger partial charge on any atom is -0.481 e. The Morgan fingerprint density at radius 3 is 2.81 bits per heavy atom. The molecule has 0 aromatic heterocycles. The average Bonchev–Trinajstić information content (AvgIpc) is 2.64. The lowest BCUT2D eigenvalue weighted by Gasteiger charge is -2.32. The Morgan fingerprint density at radius 2 is 2.08 bits per heavy atom. The number of anilines is 1. The Hall–Kier alpha value is -2.08. The zero-order valence-electron chi connectivity index (χ0n) is 15.7. The van der Waals surface area contributed by atoms with Gasteiger partial charge in [0.05, 0.1) is 6.54 Å². The van der Waals surface area contributed by atoms with Crippen molar-refractivity contribution in [3.8, 4) is 0 Å². The van der Waals surface area contributed by atoms with Gasteiger partial charge in [-0.25, -0.2) is 0 Å². The Morgan fingerprint density at radius 1 is 1.31 bits per heavy atom. The van der Waals surface area contributed by atoms with Crippen molar-refractivity contribution in [3.63, 3.8) is 0 Å². The number of carboxylic acids is 1. The van der Waals surface area contributed by atoms with Crippen molar-refractivity contribution in [1.82, 2.24) is 10.2 Å². The number of aliphatic carboxylic acids is 1. The molecule has 1 amide bonds. The van der Waals surface area contributed by atoms with Crippen molar-refractivity contribution in [3.05, 3.63) is 30.3 Å². The summed E-state index contributed by atoms with van der Waals surface area (Å²) in [5.74, 6) is -0.279. The summed E-state index contributed by atoms with van der Waals surface area (Å²) in [6.07, 6.45) is 3.94. The molecule has 144 valence electrons. The molecule has 0 spiro atoms. The number of nitrogens with one attached hydrogen (secondary N) is 1. The predicted octanol–water partition coefficient (Wildman–Crippen LogP) is 2.21. The minimum absolute atomic E-state index is 0.0613. The van der Waals surface area contributed by atoms with Gasteiger partial charge in [-0.05, 0) is 50.3 Å². The van der Waals surface area contributed by atoms with Crippen LogP contribution in [0, 0.1) is 5.92 Å². The van der Waals surface area contributed by atoms with Crippen molar-refractivity contribution < 1.29 is 14.7 Å². The smallest absolute Gasteiger partial charge is 0.303 e. The van der Waals surface area contributed by atoms with E-state index >= 15 is 0 Å². The fourth-order valence-electron chi connectivity index (χ4n) is 3.47. The van der Waals surface area contributed by atoms with Gasteiger partial charge in [0.15, 0.2) is 0 Å². The molecule has 0 aliphatic carbocycles. The first-order valence-corrected chi connectivity index (χ1v) is 9.51. The third-order valence-corrected chi connectivity index (χ3v) is 4.93. The summed E-state index contributed by atoms with van der Waals surface area (Å²) in [6.45, 7) is 3.74. The SMILES string of the molecule is CN(CCCNC(=O)CN1CCCC(CCC(=O)O)C1)c1ccccc1. The number of carboxylic acid groups (broad SMARTS) is 1. The van der Waals surface area contributed by atoms with E-state index in [1.54, 1.807) is 0 Å². The highest BCUT2D eigenvalue weighted by atomic mass is 16.4. The fraction of sp³-hybridized carbons (Fsp3) is 0.600. The highest BCUT2D eigenvalue weighted by molar-refractivity contribution is 5.78. The van der Waals surface area contributed by atoms with Crippen LogP contribution >= 0.6 is 0 Å². The lowest BCUT2D eigenvalue weighted by molar-refractivity contribution is -0.137. The lowest BCUT2D eigenvalue weighted by Crippen LogP contribution is -2.43. The number of rotatable bonds is 10. The highest BCUT2D eigenvalue weighted by Crippen LogP contribution is 2.20. The third-order valence-electron chi connectivity index (χ3n) is 4.93. The largest absolute Gasteiger partial charge is 0.481 e. The van der Waals surface area contributed by atoms with Crippen LogP contribution in [0.4, 0.5) is 5.69 Å². The maximum absolute atomic E-state index is 12.1. The van der Waals surface area contributed by atoms with Crippen LogP contribution in [0.25, 0.3) is 0 Å². The second kappa shape index (κ2) is 10.8. The van der Waals surface area contributed by atoms with Gasteiger partial charge in [0, 0.05) is 38.8 Å². The Labute approximate surface area is 156 Å². The van der Waals surface area contributed by atoms with Crippen LogP contribution in [0.5, 0.6) is 0 Å². The number of amides is 1. The van der Waals surface area contributed by atoms with Gasteiger partial charge in [0.2, 0.25) is 5.91 Å². The van der Waals surface area contributed by atoms with Crippen LogP contribution in [-0.2, 0) is 9.59 Å². The zero-order valence-corrected chi connectivity index (χ0v) is 15.7. The van der Waals surface area contributed by atoms with Gasteiger partial charge in [-0.15, -0.1) is 0 Å². The number of carbonyl (C=O) groups is 2.